The molecule has 122 valence electrons. The van der Waals surface area contributed by atoms with Gasteiger partial charge in [-0.3, -0.25) is 9.36 Å². The number of imidazole rings is 1. The van der Waals surface area contributed by atoms with Crippen LogP contribution in [-0.2, 0) is 4.74 Å². The number of pyridine rings is 1. The number of carbonyl (C=O) groups is 1. The summed E-state index contributed by atoms with van der Waals surface area (Å²) < 4.78 is 7.30. The first-order valence-corrected chi connectivity index (χ1v) is 8.01. The van der Waals surface area contributed by atoms with Gasteiger partial charge in [0.05, 0.1) is 13.2 Å². The molecule has 0 N–H and O–H groups in total. The molecule has 1 aliphatic heterocycles. The Morgan fingerprint density at radius 1 is 1.17 bits per heavy atom. The molecule has 0 aliphatic carbocycles. The number of hydrogen-bond acceptors (Lipinski definition) is 4. The Bertz CT molecular complexity index is 897. The fourth-order valence-electron chi connectivity index (χ4n) is 3.06. The van der Waals surface area contributed by atoms with Crippen molar-refractivity contribution >= 4 is 17.1 Å². The lowest BCUT2D eigenvalue weighted by atomic mass is 10.1. The van der Waals surface area contributed by atoms with Gasteiger partial charge in [0, 0.05) is 30.5 Å². The molecule has 4 rings (SSSR count). The van der Waals surface area contributed by atoms with E-state index in [1.807, 2.05) is 52.8 Å². The summed E-state index contributed by atoms with van der Waals surface area (Å²) in [6.07, 6.45) is 1.75. The van der Waals surface area contributed by atoms with Crippen LogP contribution in [0.2, 0.25) is 0 Å². The average Bonchev–Trinajstić information content (AvgIpc) is 2.97. The highest BCUT2D eigenvalue weighted by molar-refractivity contribution is 5.95. The van der Waals surface area contributed by atoms with E-state index in [1.165, 1.54) is 0 Å². The van der Waals surface area contributed by atoms with Crippen LogP contribution in [0.3, 0.4) is 0 Å². The van der Waals surface area contributed by atoms with E-state index in [1.54, 1.807) is 6.20 Å². The molecule has 1 saturated heterocycles. The first kappa shape index (κ1) is 14.8. The van der Waals surface area contributed by atoms with Crippen molar-refractivity contribution in [2.45, 2.75) is 6.92 Å². The van der Waals surface area contributed by atoms with Crippen LogP contribution in [0.4, 0.5) is 0 Å². The summed E-state index contributed by atoms with van der Waals surface area (Å²) >= 11 is 0. The van der Waals surface area contributed by atoms with E-state index in [-0.39, 0.29) is 5.91 Å². The summed E-state index contributed by atoms with van der Waals surface area (Å²) in [6, 6.07) is 11.4. The van der Waals surface area contributed by atoms with E-state index in [9.17, 15) is 4.79 Å². The molecule has 1 aromatic carbocycles. The van der Waals surface area contributed by atoms with E-state index in [4.69, 9.17) is 4.74 Å². The van der Waals surface area contributed by atoms with Crippen LogP contribution < -0.4 is 0 Å². The Kier molecular flexibility index (Phi) is 3.74. The van der Waals surface area contributed by atoms with Gasteiger partial charge in [0.25, 0.3) is 5.91 Å². The molecule has 6 nitrogen and oxygen atoms in total. The summed E-state index contributed by atoms with van der Waals surface area (Å²) in [4.78, 5) is 23.5. The van der Waals surface area contributed by atoms with Crippen LogP contribution >= 0.6 is 0 Å². The lowest BCUT2D eigenvalue weighted by molar-refractivity contribution is 0.0303. The molecule has 0 atom stereocenters. The molecular weight excluding hydrogens is 304 g/mol. The van der Waals surface area contributed by atoms with Crippen molar-refractivity contribution in [3.63, 3.8) is 0 Å². The SMILES string of the molecule is Cc1nc2cccnc2n1-c1cccc(C(=O)N2CCOCC2)c1. The molecule has 0 spiro atoms. The zero-order valence-corrected chi connectivity index (χ0v) is 13.5. The maximum atomic E-state index is 12.7. The third kappa shape index (κ3) is 2.55. The van der Waals surface area contributed by atoms with Gasteiger partial charge in [0.2, 0.25) is 0 Å². The van der Waals surface area contributed by atoms with Crippen molar-refractivity contribution in [1.82, 2.24) is 19.4 Å². The van der Waals surface area contributed by atoms with Crippen molar-refractivity contribution in [2.75, 3.05) is 26.3 Å². The number of rotatable bonds is 2. The Hall–Kier alpha value is -2.73. The normalized spacial score (nSPS) is 15.0. The predicted octanol–water partition coefficient (Wildman–Crippen LogP) is 2.20. The topological polar surface area (TPSA) is 60.2 Å². The number of hydrogen-bond donors (Lipinski definition) is 0. The minimum absolute atomic E-state index is 0.0372. The summed E-state index contributed by atoms with van der Waals surface area (Å²) in [7, 11) is 0. The van der Waals surface area contributed by atoms with Gasteiger partial charge in [-0.25, -0.2) is 9.97 Å². The van der Waals surface area contributed by atoms with Gasteiger partial charge in [-0.05, 0) is 37.3 Å². The number of nitrogens with zero attached hydrogens (tertiary/aromatic N) is 4. The zero-order chi connectivity index (χ0) is 16.5. The predicted molar refractivity (Wildman–Crippen MR) is 90.3 cm³/mol. The van der Waals surface area contributed by atoms with Crippen molar-refractivity contribution < 1.29 is 9.53 Å². The number of amides is 1. The summed E-state index contributed by atoms with van der Waals surface area (Å²) in [5.41, 5.74) is 3.21. The first-order chi connectivity index (χ1) is 11.7. The molecule has 3 heterocycles. The number of ether oxygens (including phenoxy) is 1. The second-order valence-electron chi connectivity index (χ2n) is 5.80. The van der Waals surface area contributed by atoms with E-state index in [2.05, 4.69) is 9.97 Å². The molecular formula is C18H18N4O2. The zero-order valence-electron chi connectivity index (χ0n) is 13.5. The van der Waals surface area contributed by atoms with Crippen LogP contribution in [0.25, 0.3) is 16.9 Å². The summed E-state index contributed by atoms with van der Waals surface area (Å²) in [5.74, 6) is 0.884. The lowest BCUT2D eigenvalue weighted by Gasteiger charge is -2.27. The van der Waals surface area contributed by atoms with Gasteiger partial charge < -0.3 is 9.64 Å². The second-order valence-corrected chi connectivity index (χ2v) is 5.80. The van der Waals surface area contributed by atoms with Crippen molar-refractivity contribution in [3.8, 4) is 5.69 Å². The fourth-order valence-corrected chi connectivity index (χ4v) is 3.06. The molecule has 0 unspecified atom stereocenters. The van der Waals surface area contributed by atoms with Crippen LogP contribution in [-0.4, -0.2) is 51.6 Å². The lowest BCUT2D eigenvalue weighted by Crippen LogP contribution is -2.40. The van der Waals surface area contributed by atoms with E-state index < -0.39 is 0 Å². The van der Waals surface area contributed by atoms with Gasteiger partial charge >= 0.3 is 0 Å². The molecule has 0 saturated carbocycles. The van der Waals surface area contributed by atoms with Crippen LogP contribution in [0.15, 0.2) is 42.6 Å². The van der Waals surface area contributed by atoms with Gasteiger partial charge in [-0.15, -0.1) is 0 Å². The molecule has 0 bridgehead atoms. The Balaban J connectivity index is 1.74. The molecule has 0 radical (unpaired) electrons. The van der Waals surface area contributed by atoms with Crippen molar-refractivity contribution in [1.29, 1.82) is 0 Å². The number of fused-ring (bicyclic) bond motifs is 1. The number of benzene rings is 1. The van der Waals surface area contributed by atoms with E-state index >= 15 is 0 Å². The number of aryl methyl sites for hydroxylation is 1. The van der Waals surface area contributed by atoms with Gasteiger partial charge in [-0.1, -0.05) is 6.07 Å². The van der Waals surface area contributed by atoms with E-state index in [0.29, 0.717) is 31.9 Å². The minimum atomic E-state index is 0.0372. The third-order valence-corrected chi connectivity index (χ3v) is 4.23. The van der Waals surface area contributed by atoms with Crippen LogP contribution in [0.1, 0.15) is 16.2 Å². The highest BCUT2D eigenvalue weighted by Crippen LogP contribution is 2.20. The quantitative estimate of drug-likeness (QED) is 0.726. The molecule has 2 aromatic heterocycles. The monoisotopic (exact) mass is 322 g/mol. The summed E-state index contributed by atoms with van der Waals surface area (Å²) in [6.45, 7) is 4.41. The van der Waals surface area contributed by atoms with Crippen molar-refractivity contribution in [3.05, 3.63) is 54.0 Å². The minimum Gasteiger partial charge on any atom is -0.378 e. The number of carbonyl (C=O) groups excluding carboxylic acids is 1. The highest BCUT2D eigenvalue weighted by Gasteiger charge is 2.19. The standard InChI is InChI=1S/C18H18N4O2/c1-13-20-16-6-3-7-19-17(16)22(13)15-5-2-4-14(12-15)18(23)21-8-10-24-11-9-21/h2-7,12H,8-11H2,1H3. The molecule has 24 heavy (non-hydrogen) atoms. The second kappa shape index (κ2) is 6.05. The molecule has 1 aliphatic rings. The first-order valence-electron chi connectivity index (χ1n) is 8.01. The van der Waals surface area contributed by atoms with Crippen LogP contribution in [0, 0.1) is 6.92 Å². The molecule has 1 fully saturated rings. The Morgan fingerprint density at radius 2 is 2.00 bits per heavy atom. The number of aromatic nitrogens is 3. The fraction of sp³-hybridized carbons (Fsp3) is 0.278. The van der Waals surface area contributed by atoms with Gasteiger partial charge in [-0.2, -0.15) is 0 Å². The Labute approximate surface area is 139 Å². The van der Waals surface area contributed by atoms with Crippen LogP contribution in [0.5, 0.6) is 0 Å². The third-order valence-electron chi connectivity index (χ3n) is 4.23. The maximum absolute atomic E-state index is 12.7. The Morgan fingerprint density at radius 3 is 2.83 bits per heavy atom. The van der Waals surface area contributed by atoms with Crippen molar-refractivity contribution in [2.24, 2.45) is 0 Å². The summed E-state index contributed by atoms with van der Waals surface area (Å²) in [5, 5.41) is 0. The molecule has 6 heteroatoms. The van der Waals surface area contributed by atoms with E-state index in [0.717, 1.165) is 22.7 Å². The average molecular weight is 322 g/mol. The number of morpholine rings is 1. The smallest absolute Gasteiger partial charge is 0.254 e. The molecule has 3 aromatic rings. The molecule has 1 amide bonds. The maximum Gasteiger partial charge on any atom is 0.254 e. The highest BCUT2D eigenvalue weighted by atomic mass is 16.5. The van der Waals surface area contributed by atoms with Gasteiger partial charge in [0.15, 0.2) is 5.65 Å². The largest absolute Gasteiger partial charge is 0.378 e. The van der Waals surface area contributed by atoms with Gasteiger partial charge in [0.1, 0.15) is 11.3 Å².